The Kier molecular flexibility index (Phi) is 4.14. The summed E-state index contributed by atoms with van der Waals surface area (Å²) < 4.78 is 12.1. The zero-order chi connectivity index (χ0) is 17.1. The fraction of sp³-hybridized carbons (Fsp3) is 0.300. The summed E-state index contributed by atoms with van der Waals surface area (Å²) in [6, 6.07) is 11.1. The smallest absolute Gasteiger partial charge is 0.251 e. The van der Waals surface area contributed by atoms with Gasteiger partial charge in [-0.05, 0) is 43.2 Å². The molecule has 2 aromatic rings. The SMILES string of the molecule is O=C(C=Cc1ccccn1)Nc1ccc2c(c1)OC1(CCCCC1)O2. The molecule has 0 bridgehead atoms. The first-order valence-electron chi connectivity index (χ1n) is 8.65. The Balaban J connectivity index is 1.42. The van der Waals surface area contributed by atoms with Crippen LogP contribution < -0.4 is 14.8 Å². The molecule has 1 amide bonds. The van der Waals surface area contributed by atoms with Crippen molar-refractivity contribution in [3.63, 3.8) is 0 Å². The molecule has 2 aliphatic rings. The van der Waals surface area contributed by atoms with Crippen LogP contribution in [0.4, 0.5) is 5.69 Å². The first-order chi connectivity index (χ1) is 12.2. The summed E-state index contributed by atoms with van der Waals surface area (Å²) in [5, 5.41) is 2.84. The minimum Gasteiger partial charge on any atom is -0.448 e. The second kappa shape index (κ2) is 6.59. The molecule has 1 spiro atoms. The number of ether oxygens (including phenoxy) is 2. The van der Waals surface area contributed by atoms with E-state index >= 15 is 0 Å². The first kappa shape index (κ1) is 15.7. The van der Waals surface area contributed by atoms with E-state index in [1.807, 2.05) is 36.4 Å². The number of anilines is 1. The highest BCUT2D eigenvalue weighted by Gasteiger charge is 2.42. The first-order valence-corrected chi connectivity index (χ1v) is 8.65. The van der Waals surface area contributed by atoms with Crippen molar-refractivity contribution in [2.45, 2.75) is 37.9 Å². The number of hydrogen-bond donors (Lipinski definition) is 1. The van der Waals surface area contributed by atoms with Gasteiger partial charge >= 0.3 is 0 Å². The molecule has 1 N–H and O–H groups in total. The quantitative estimate of drug-likeness (QED) is 0.855. The average molecular weight is 336 g/mol. The molecule has 4 rings (SSSR count). The summed E-state index contributed by atoms with van der Waals surface area (Å²) in [6.07, 6.45) is 10.1. The molecule has 5 heteroatoms. The van der Waals surface area contributed by atoms with Crippen molar-refractivity contribution in [3.05, 3.63) is 54.4 Å². The molecule has 1 saturated carbocycles. The summed E-state index contributed by atoms with van der Waals surface area (Å²) in [5.74, 6) is 0.747. The summed E-state index contributed by atoms with van der Waals surface area (Å²) in [4.78, 5) is 16.2. The molecule has 0 unspecified atom stereocenters. The van der Waals surface area contributed by atoms with Crippen molar-refractivity contribution in [3.8, 4) is 11.5 Å². The fourth-order valence-electron chi connectivity index (χ4n) is 3.29. The zero-order valence-corrected chi connectivity index (χ0v) is 13.9. The molecular weight excluding hydrogens is 316 g/mol. The Labute approximate surface area is 146 Å². The van der Waals surface area contributed by atoms with Crippen LogP contribution in [0.25, 0.3) is 6.08 Å². The third-order valence-corrected chi connectivity index (χ3v) is 4.51. The molecule has 1 aromatic carbocycles. The number of fused-ring (bicyclic) bond motifs is 1. The third-order valence-electron chi connectivity index (χ3n) is 4.51. The van der Waals surface area contributed by atoms with Crippen molar-refractivity contribution in [1.82, 2.24) is 4.98 Å². The number of rotatable bonds is 3. The van der Waals surface area contributed by atoms with Gasteiger partial charge in [-0.25, -0.2) is 0 Å². The van der Waals surface area contributed by atoms with Crippen LogP contribution in [0, 0.1) is 0 Å². The second-order valence-corrected chi connectivity index (χ2v) is 6.41. The van der Waals surface area contributed by atoms with Gasteiger partial charge in [-0.3, -0.25) is 9.78 Å². The molecule has 1 aromatic heterocycles. The molecule has 128 valence electrons. The number of carbonyl (C=O) groups is 1. The molecular formula is C20H20N2O3. The van der Waals surface area contributed by atoms with Gasteiger partial charge in [-0.15, -0.1) is 0 Å². The molecule has 5 nitrogen and oxygen atoms in total. The van der Waals surface area contributed by atoms with E-state index in [9.17, 15) is 4.79 Å². The lowest BCUT2D eigenvalue weighted by atomic mass is 9.94. The Hall–Kier alpha value is -2.82. The standard InChI is InChI=1S/C20H20N2O3/c23-19(10-8-15-6-2-5-13-21-15)22-16-7-9-17-18(14-16)25-20(24-17)11-3-1-4-12-20/h2,5-10,13-14H,1,3-4,11-12H2,(H,22,23). The van der Waals surface area contributed by atoms with Crippen LogP contribution >= 0.6 is 0 Å². The second-order valence-electron chi connectivity index (χ2n) is 6.41. The van der Waals surface area contributed by atoms with Gasteiger partial charge in [-0.1, -0.05) is 12.5 Å². The molecule has 0 atom stereocenters. The monoisotopic (exact) mass is 336 g/mol. The Bertz CT molecular complexity index is 796. The van der Waals surface area contributed by atoms with Crippen LogP contribution in [0.5, 0.6) is 11.5 Å². The summed E-state index contributed by atoms with van der Waals surface area (Å²) >= 11 is 0. The van der Waals surface area contributed by atoms with Crippen molar-refractivity contribution >= 4 is 17.7 Å². The molecule has 25 heavy (non-hydrogen) atoms. The number of nitrogens with one attached hydrogen (secondary N) is 1. The lowest BCUT2D eigenvalue weighted by Crippen LogP contribution is -2.40. The zero-order valence-electron chi connectivity index (χ0n) is 13.9. The Morgan fingerprint density at radius 3 is 2.72 bits per heavy atom. The Morgan fingerprint density at radius 2 is 1.92 bits per heavy atom. The van der Waals surface area contributed by atoms with Crippen LogP contribution in [-0.2, 0) is 4.79 Å². The minimum absolute atomic E-state index is 0.211. The largest absolute Gasteiger partial charge is 0.448 e. The van der Waals surface area contributed by atoms with Gasteiger partial charge in [0.1, 0.15) is 0 Å². The number of amides is 1. The number of pyridine rings is 1. The number of benzene rings is 1. The lowest BCUT2D eigenvalue weighted by Gasteiger charge is -2.31. The van der Waals surface area contributed by atoms with E-state index in [1.54, 1.807) is 12.3 Å². The van der Waals surface area contributed by atoms with E-state index < -0.39 is 5.79 Å². The van der Waals surface area contributed by atoms with E-state index in [0.717, 1.165) is 37.1 Å². The van der Waals surface area contributed by atoms with Gasteiger partial charge in [0.25, 0.3) is 5.79 Å². The van der Waals surface area contributed by atoms with E-state index in [4.69, 9.17) is 9.47 Å². The highest BCUT2D eigenvalue weighted by Crippen LogP contribution is 2.46. The molecule has 0 radical (unpaired) electrons. The summed E-state index contributed by atoms with van der Waals surface area (Å²) in [7, 11) is 0. The molecule has 2 heterocycles. The van der Waals surface area contributed by atoms with Crippen LogP contribution in [0.2, 0.25) is 0 Å². The van der Waals surface area contributed by atoms with Gasteiger partial charge < -0.3 is 14.8 Å². The molecule has 0 saturated heterocycles. The Morgan fingerprint density at radius 1 is 1.08 bits per heavy atom. The van der Waals surface area contributed by atoms with Crippen molar-refractivity contribution in [2.24, 2.45) is 0 Å². The maximum absolute atomic E-state index is 12.1. The molecule has 1 aliphatic heterocycles. The topological polar surface area (TPSA) is 60.5 Å². The van der Waals surface area contributed by atoms with Crippen LogP contribution in [-0.4, -0.2) is 16.7 Å². The number of carbonyl (C=O) groups excluding carboxylic acids is 1. The third kappa shape index (κ3) is 3.50. The highest BCUT2D eigenvalue weighted by molar-refractivity contribution is 6.02. The van der Waals surface area contributed by atoms with E-state index in [1.165, 1.54) is 12.5 Å². The average Bonchev–Trinajstić information content (AvgIpc) is 2.98. The number of nitrogens with zero attached hydrogens (tertiary/aromatic N) is 1. The van der Waals surface area contributed by atoms with Gasteiger partial charge in [0.05, 0.1) is 5.69 Å². The van der Waals surface area contributed by atoms with Crippen LogP contribution in [0.1, 0.15) is 37.8 Å². The predicted molar refractivity (Wildman–Crippen MR) is 95.4 cm³/mol. The van der Waals surface area contributed by atoms with Gasteiger partial charge in [-0.2, -0.15) is 0 Å². The number of aromatic nitrogens is 1. The molecule has 1 aliphatic carbocycles. The van der Waals surface area contributed by atoms with Gasteiger partial charge in [0, 0.05) is 36.9 Å². The van der Waals surface area contributed by atoms with E-state index in [-0.39, 0.29) is 5.91 Å². The minimum atomic E-state index is -0.498. The van der Waals surface area contributed by atoms with Crippen LogP contribution in [0.15, 0.2) is 48.7 Å². The van der Waals surface area contributed by atoms with Crippen LogP contribution in [0.3, 0.4) is 0 Å². The van der Waals surface area contributed by atoms with Gasteiger partial charge in [0.2, 0.25) is 5.91 Å². The summed E-state index contributed by atoms with van der Waals surface area (Å²) in [5.41, 5.74) is 1.42. The molecule has 1 fully saturated rings. The van der Waals surface area contributed by atoms with Crippen molar-refractivity contribution < 1.29 is 14.3 Å². The van der Waals surface area contributed by atoms with Crippen molar-refractivity contribution in [2.75, 3.05) is 5.32 Å². The van der Waals surface area contributed by atoms with E-state index in [0.29, 0.717) is 11.4 Å². The van der Waals surface area contributed by atoms with Gasteiger partial charge in [0.15, 0.2) is 11.5 Å². The maximum atomic E-state index is 12.1. The number of hydrogen-bond acceptors (Lipinski definition) is 4. The fourth-order valence-corrected chi connectivity index (χ4v) is 3.29. The highest BCUT2D eigenvalue weighted by atomic mass is 16.7. The summed E-state index contributed by atoms with van der Waals surface area (Å²) in [6.45, 7) is 0. The van der Waals surface area contributed by atoms with Crippen molar-refractivity contribution in [1.29, 1.82) is 0 Å². The predicted octanol–water partition coefficient (Wildman–Crippen LogP) is 4.17. The maximum Gasteiger partial charge on any atom is 0.251 e. The normalized spacial score (nSPS) is 17.8. The lowest BCUT2D eigenvalue weighted by molar-refractivity contribution is -0.111. The van der Waals surface area contributed by atoms with E-state index in [2.05, 4.69) is 10.3 Å².